The molecule has 110 valence electrons. The fourth-order valence-electron chi connectivity index (χ4n) is 2.78. The fourth-order valence-corrected chi connectivity index (χ4v) is 2.78. The molecule has 1 N–H and O–H groups in total. The lowest BCUT2D eigenvalue weighted by Crippen LogP contribution is -2.37. The van der Waals surface area contributed by atoms with Gasteiger partial charge in [0.05, 0.1) is 6.20 Å². The first-order chi connectivity index (χ1) is 10.1. The van der Waals surface area contributed by atoms with Gasteiger partial charge >= 0.3 is 0 Å². The second kappa shape index (κ2) is 5.33. The van der Waals surface area contributed by atoms with Crippen LogP contribution in [0.2, 0.25) is 0 Å². The number of nitrogens with one attached hydrogen (secondary N) is 1. The average Bonchev–Trinajstić information content (AvgIpc) is 2.81. The van der Waals surface area contributed by atoms with Crippen molar-refractivity contribution in [2.24, 2.45) is 7.05 Å². The molecule has 0 saturated heterocycles. The molecule has 1 aliphatic heterocycles. The third-order valence-electron chi connectivity index (χ3n) is 4.30. The van der Waals surface area contributed by atoms with Gasteiger partial charge in [-0.1, -0.05) is 18.2 Å². The van der Waals surface area contributed by atoms with Crippen LogP contribution in [0.15, 0.2) is 30.5 Å². The Morgan fingerprint density at radius 1 is 1.33 bits per heavy atom. The molecule has 2 aromatic rings. The summed E-state index contributed by atoms with van der Waals surface area (Å²) >= 11 is 0. The Labute approximate surface area is 124 Å². The lowest BCUT2D eigenvalue weighted by molar-refractivity contribution is -0.119. The van der Waals surface area contributed by atoms with Gasteiger partial charge in [-0.05, 0) is 18.6 Å². The van der Waals surface area contributed by atoms with E-state index in [1.165, 1.54) is 11.1 Å². The van der Waals surface area contributed by atoms with Crippen LogP contribution in [0.5, 0.6) is 0 Å². The van der Waals surface area contributed by atoms with E-state index >= 15 is 0 Å². The second-order valence-corrected chi connectivity index (χ2v) is 5.53. The molecule has 0 radical (unpaired) electrons. The van der Waals surface area contributed by atoms with Gasteiger partial charge in [-0.2, -0.15) is 5.10 Å². The number of rotatable bonds is 3. The topological polar surface area (TPSA) is 50.2 Å². The molecule has 1 aromatic carbocycles. The lowest BCUT2D eigenvalue weighted by Gasteiger charge is -2.32. The quantitative estimate of drug-likeness (QED) is 0.937. The minimum Gasteiger partial charge on any atom is -0.315 e. The zero-order valence-corrected chi connectivity index (χ0v) is 12.6. The highest BCUT2D eigenvalue weighted by molar-refractivity contribution is 5.96. The monoisotopic (exact) mass is 284 g/mol. The molecule has 21 heavy (non-hydrogen) atoms. The maximum Gasteiger partial charge on any atom is 0.228 e. The van der Waals surface area contributed by atoms with E-state index in [1.807, 2.05) is 43.2 Å². The molecule has 5 heteroatoms. The first-order valence-corrected chi connectivity index (χ1v) is 7.14. The highest BCUT2D eigenvalue weighted by Crippen LogP contribution is 2.33. The molecule has 1 unspecified atom stereocenters. The van der Waals surface area contributed by atoms with E-state index in [0.717, 1.165) is 17.9 Å². The molecule has 1 atom stereocenters. The lowest BCUT2D eigenvalue weighted by atomic mass is 9.96. The summed E-state index contributed by atoms with van der Waals surface area (Å²) in [6, 6.07) is 8.13. The van der Waals surface area contributed by atoms with Crippen molar-refractivity contribution in [1.29, 1.82) is 0 Å². The number of anilines is 1. The van der Waals surface area contributed by atoms with Crippen molar-refractivity contribution < 1.29 is 4.79 Å². The van der Waals surface area contributed by atoms with Crippen LogP contribution in [-0.4, -0.2) is 22.7 Å². The highest BCUT2D eigenvalue weighted by atomic mass is 16.2. The summed E-state index contributed by atoms with van der Waals surface area (Å²) in [4.78, 5) is 13.9. The summed E-state index contributed by atoms with van der Waals surface area (Å²) < 4.78 is 1.87. The Balaban J connectivity index is 1.81. The van der Waals surface area contributed by atoms with E-state index in [1.54, 1.807) is 4.90 Å². The van der Waals surface area contributed by atoms with Crippen molar-refractivity contribution >= 4 is 11.6 Å². The van der Waals surface area contributed by atoms with E-state index in [2.05, 4.69) is 23.4 Å². The number of carbonyl (C=O) groups excluding carboxylic acids is 1. The Bertz CT molecular complexity index is 677. The normalized spacial score (nSPS) is 18.0. The molecule has 0 saturated carbocycles. The number of nitrogens with zero attached hydrogens (tertiary/aromatic N) is 3. The Morgan fingerprint density at radius 2 is 2.10 bits per heavy atom. The molecule has 0 bridgehead atoms. The number of fused-ring (bicyclic) bond motifs is 1. The largest absolute Gasteiger partial charge is 0.315 e. The van der Waals surface area contributed by atoms with Crippen molar-refractivity contribution in [2.75, 3.05) is 11.9 Å². The van der Waals surface area contributed by atoms with Gasteiger partial charge in [-0.3, -0.25) is 9.48 Å². The van der Waals surface area contributed by atoms with Crippen LogP contribution in [0.1, 0.15) is 29.3 Å². The minimum atomic E-state index is 0.0597. The maximum absolute atomic E-state index is 12.1. The number of aryl methyl sites for hydroxylation is 1. The van der Waals surface area contributed by atoms with Gasteiger partial charge in [-0.25, -0.2) is 0 Å². The molecule has 1 aromatic heterocycles. The van der Waals surface area contributed by atoms with Crippen molar-refractivity contribution in [3.8, 4) is 0 Å². The summed E-state index contributed by atoms with van der Waals surface area (Å²) in [7, 11) is 3.77. The van der Waals surface area contributed by atoms with Gasteiger partial charge in [0.15, 0.2) is 0 Å². The molecule has 1 amide bonds. The minimum absolute atomic E-state index is 0.0597. The van der Waals surface area contributed by atoms with E-state index in [4.69, 9.17) is 0 Å². The summed E-state index contributed by atoms with van der Waals surface area (Å²) in [5.74, 6) is 0.147. The molecule has 3 rings (SSSR count). The first kappa shape index (κ1) is 13.8. The van der Waals surface area contributed by atoms with Gasteiger partial charge in [0.2, 0.25) is 5.91 Å². The number of hydrogen-bond acceptors (Lipinski definition) is 3. The number of amides is 1. The van der Waals surface area contributed by atoms with Crippen molar-refractivity contribution in [3.63, 3.8) is 0 Å². The summed E-state index contributed by atoms with van der Waals surface area (Å²) in [5, 5.41) is 7.75. The van der Waals surface area contributed by atoms with Crippen LogP contribution in [-0.2, 0) is 18.4 Å². The van der Waals surface area contributed by atoms with Crippen LogP contribution in [0.25, 0.3) is 0 Å². The van der Waals surface area contributed by atoms with E-state index < -0.39 is 0 Å². The molecule has 2 heterocycles. The smallest absolute Gasteiger partial charge is 0.228 e. The third kappa shape index (κ3) is 2.45. The Hall–Kier alpha value is -2.14. The SMILES string of the molecule is Cc1c(CNC2CC(=O)N(C)c3ccccc32)cnn1C. The molecular weight excluding hydrogens is 264 g/mol. The summed E-state index contributed by atoms with van der Waals surface area (Å²) in [5.41, 5.74) is 4.49. The molecular formula is C16H20N4O. The van der Waals surface area contributed by atoms with Gasteiger partial charge in [0.25, 0.3) is 0 Å². The average molecular weight is 284 g/mol. The van der Waals surface area contributed by atoms with Crippen molar-refractivity contribution in [1.82, 2.24) is 15.1 Å². The molecule has 5 nitrogen and oxygen atoms in total. The van der Waals surface area contributed by atoms with Crippen LogP contribution in [0.3, 0.4) is 0 Å². The predicted molar refractivity (Wildman–Crippen MR) is 82.0 cm³/mol. The Kier molecular flexibility index (Phi) is 3.51. The highest BCUT2D eigenvalue weighted by Gasteiger charge is 2.28. The van der Waals surface area contributed by atoms with Crippen molar-refractivity contribution in [3.05, 3.63) is 47.3 Å². The molecule has 0 spiro atoms. The number of aromatic nitrogens is 2. The number of para-hydroxylation sites is 1. The van der Waals surface area contributed by atoms with Gasteiger partial charge in [0.1, 0.15) is 0 Å². The zero-order chi connectivity index (χ0) is 15.0. The standard InChI is InChI=1S/C16H20N4O/c1-11-12(10-18-20(11)3)9-17-14-8-16(21)19(2)15-7-5-4-6-13(14)15/h4-7,10,14,17H,8-9H2,1-3H3. The zero-order valence-electron chi connectivity index (χ0n) is 12.6. The van der Waals surface area contributed by atoms with Crippen LogP contribution in [0, 0.1) is 6.92 Å². The van der Waals surface area contributed by atoms with Gasteiger partial charge in [-0.15, -0.1) is 0 Å². The van der Waals surface area contributed by atoms with Gasteiger partial charge in [0, 0.05) is 50.0 Å². The number of carbonyl (C=O) groups is 1. The number of hydrogen-bond donors (Lipinski definition) is 1. The third-order valence-corrected chi connectivity index (χ3v) is 4.30. The summed E-state index contributed by atoms with van der Waals surface area (Å²) in [6.07, 6.45) is 2.37. The predicted octanol–water partition coefficient (Wildman–Crippen LogP) is 1.93. The van der Waals surface area contributed by atoms with Crippen LogP contribution >= 0.6 is 0 Å². The van der Waals surface area contributed by atoms with Crippen molar-refractivity contribution in [2.45, 2.75) is 25.9 Å². The molecule has 1 aliphatic rings. The van der Waals surface area contributed by atoms with E-state index in [9.17, 15) is 4.79 Å². The first-order valence-electron chi connectivity index (χ1n) is 7.14. The fraction of sp³-hybridized carbons (Fsp3) is 0.375. The molecule has 0 fully saturated rings. The van der Waals surface area contributed by atoms with Crippen LogP contribution in [0.4, 0.5) is 5.69 Å². The maximum atomic E-state index is 12.1. The van der Waals surface area contributed by atoms with Gasteiger partial charge < -0.3 is 10.2 Å². The van der Waals surface area contributed by atoms with E-state index in [0.29, 0.717) is 6.42 Å². The second-order valence-electron chi connectivity index (χ2n) is 5.53. The summed E-state index contributed by atoms with van der Waals surface area (Å²) in [6.45, 7) is 2.77. The number of benzene rings is 1. The Morgan fingerprint density at radius 3 is 2.81 bits per heavy atom. The van der Waals surface area contributed by atoms with E-state index in [-0.39, 0.29) is 11.9 Å². The van der Waals surface area contributed by atoms with Crippen LogP contribution < -0.4 is 10.2 Å². The molecule has 0 aliphatic carbocycles.